The standard InChI is InChI=1S/C19H15F5N2O2/c20-13-2-1-3-14(16(13)21)26-18(28)15-12(8-9-25-17(15)27)10-4-6-11(7-5-10)19(22,23)24/h1-7,12,15H,8-9H2,(H,25,27)(H,26,28). The van der Waals surface area contributed by atoms with Gasteiger partial charge in [-0.2, -0.15) is 13.2 Å². The van der Waals surface area contributed by atoms with Gasteiger partial charge in [-0.25, -0.2) is 8.78 Å². The number of carbonyl (C=O) groups is 2. The van der Waals surface area contributed by atoms with Gasteiger partial charge in [-0.15, -0.1) is 0 Å². The molecule has 0 radical (unpaired) electrons. The van der Waals surface area contributed by atoms with Crippen LogP contribution in [0.2, 0.25) is 0 Å². The lowest BCUT2D eigenvalue weighted by molar-refractivity contribution is -0.138. The molecule has 0 bridgehead atoms. The van der Waals surface area contributed by atoms with E-state index in [1.54, 1.807) is 0 Å². The predicted molar refractivity (Wildman–Crippen MR) is 90.3 cm³/mol. The number of amides is 2. The molecule has 1 fully saturated rings. The first kappa shape index (κ1) is 19.8. The number of carbonyl (C=O) groups excluding carboxylic acids is 2. The largest absolute Gasteiger partial charge is 0.416 e. The van der Waals surface area contributed by atoms with Crippen molar-refractivity contribution in [2.75, 3.05) is 11.9 Å². The minimum absolute atomic E-state index is 0.239. The van der Waals surface area contributed by atoms with Crippen LogP contribution in [0, 0.1) is 17.6 Å². The van der Waals surface area contributed by atoms with Gasteiger partial charge in [0, 0.05) is 12.5 Å². The molecule has 1 aliphatic rings. The van der Waals surface area contributed by atoms with E-state index in [4.69, 9.17) is 0 Å². The van der Waals surface area contributed by atoms with E-state index < -0.39 is 52.7 Å². The van der Waals surface area contributed by atoms with Gasteiger partial charge in [0.25, 0.3) is 0 Å². The third kappa shape index (κ3) is 3.97. The second-order valence-corrected chi connectivity index (χ2v) is 6.37. The van der Waals surface area contributed by atoms with E-state index in [2.05, 4.69) is 10.6 Å². The predicted octanol–water partition coefficient (Wildman–Crippen LogP) is 3.84. The summed E-state index contributed by atoms with van der Waals surface area (Å²) in [4.78, 5) is 24.9. The van der Waals surface area contributed by atoms with Crippen molar-refractivity contribution < 1.29 is 31.5 Å². The Morgan fingerprint density at radius 3 is 2.39 bits per heavy atom. The molecule has 2 unspecified atom stereocenters. The molecule has 28 heavy (non-hydrogen) atoms. The summed E-state index contributed by atoms with van der Waals surface area (Å²) in [6.07, 6.45) is -4.20. The maximum absolute atomic E-state index is 13.8. The second kappa shape index (κ2) is 7.57. The smallest absolute Gasteiger partial charge is 0.355 e. The van der Waals surface area contributed by atoms with E-state index in [-0.39, 0.29) is 6.54 Å². The highest BCUT2D eigenvalue weighted by molar-refractivity contribution is 6.07. The molecule has 9 heteroatoms. The molecule has 2 aromatic carbocycles. The van der Waals surface area contributed by atoms with Crippen molar-refractivity contribution >= 4 is 17.5 Å². The zero-order valence-corrected chi connectivity index (χ0v) is 14.3. The molecule has 2 N–H and O–H groups in total. The molecule has 1 aliphatic heterocycles. The Hall–Kier alpha value is -2.97. The fourth-order valence-electron chi connectivity index (χ4n) is 3.20. The third-order valence-corrected chi connectivity index (χ3v) is 4.60. The first-order valence-electron chi connectivity index (χ1n) is 8.38. The molecular weight excluding hydrogens is 383 g/mol. The van der Waals surface area contributed by atoms with Crippen molar-refractivity contribution in [3.63, 3.8) is 0 Å². The fourth-order valence-corrected chi connectivity index (χ4v) is 3.20. The van der Waals surface area contributed by atoms with E-state index in [1.165, 1.54) is 18.2 Å². The SMILES string of the molecule is O=C1NCCC(c2ccc(C(F)(F)F)cc2)C1C(=O)Nc1cccc(F)c1F. The van der Waals surface area contributed by atoms with Crippen molar-refractivity contribution in [1.29, 1.82) is 0 Å². The first-order valence-corrected chi connectivity index (χ1v) is 8.38. The second-order valence-electron chi connectivity index (χ2n) is 6.37. The van der Waals surface area contributed by atoms with Gasteiger partial charge >= 0.3 is 6.18 Å². The van der Waals surface area contributed by atoms with Crippen molar-refractivity contribution in [3.8, 4) is 0 Å². The van der Waals surface area contributed by atoms with Crippen LogP contribution in [-0.2, 0) is 15.8 Å². The van der Waals surface area contributed by atoms with E-state index in [0.717, 1.165) is 24.3 Å². The zero-order valence-electron chi connectivity index (χ0n) is 14.3. The lowest BCUT2D eigenvalue weighted by Gasteiger charge is -2.30. The Labute approximate surface area is 156 Å². The number of nitrogens with one attached hydrogen (secondary N) is 2. The first-order chi connectivity index (χ1) is 13.2. The van der Waals surface area contributed by atoms with Gasteiger partial charge in [0.15, 0.2) is 11.6 Å². The summed E-state index contributed by atoms with van der Waals surface area (Å²) < 4.78 is 65.4. The number of benzene rings is 2. The van der Waals surface area contributed by atoms with Crippen LogP contribution in [0.5, 0.6) is 0 Å². The van der Waals surface area contributed by atoms with Crippen LogP contribution in [0.25, 0.3) is 0 Å². The van der Waals surface area contributed by atoms with E-state index in [9.17, 15) is 31.5 Å². The highest BCUT2D eigenvalue weighted by Gasteiger charge is 2.39. The van der Waals surface area contributed by atoms with E-state index in [1.807, 2.05) is 0 Å². The van der Waals surface area contributed by atoms with Crippen LogP contribution in [0.15, 0.2) is 42.5 Å². The molecule has 3 rings (SSSR count). The third-order valence-electron chi connectivity index (χ3n) is 4.60. The number of rotatable bonds is 3. The molecule has 2 aromatic rings. The normalized spacial score (nSPS) is 19.8. The Bertz CT molecular complexity index is 896. The summed E-state index contributed by atoms with van der Waals surface area (Å²) in [6.45, 7) is 0.239. The van der Waals surface area contributed by atoms with Gasteiger partial charge in [-0.1, -0.05) is 18.2 Å². The van der Waals surface area contributed by atoms with Crippen LogP contribution in [0.4, 0.5) is 27.6 Å². The molecule has 1 heterocycles. The molecule has 0 spiro atoms. The monoisotopic (exact) mass is 398 g/mol. The van der Waals surface area contributed by atoms with Gasteiger partial charge < -0.3 is 10.6 Å². The number of hydrogen-bond donors (Lipinski definition) is 2. The number of hydrogen-bond acceptors (Lipinski definition) is 2. The molecule has 4 nitrogen and oxygen atoms in total. The number of piperidine rings is 1. The van der Waals surface area contributed by atoms with Crippen LogP contribution < -0.4 is 10.6 Å². The van der Waals surface area contributed by atoms with Gasteiger partial charge in [0.05, 0.1) is 11.3 Å². The van der Waals surface area contributed by atoms with E-state index in [0.29, 0.717) is 12.0 Å². The number of anilines is 1. The number of halogens is 5. The lowest BCUT2D eigenvalue weighted by atomic mass is 9.79. The lowest BCUT2D eigenvalue weighted by Crippen LogP contribution is -2.46. The molecule has 1 saturated heterocycles. The number of alkyl halides is 3. The Morgan fingerprint density at radius 1 is 1.07 bits per heavy atom. The summed E-state index contributed by atoms with van der Waals surface area (Å²) in [6, 6.07) is 7.41. The molecule has 148 valence electrons. The minimum atomic E-state index is -4.51. The van der Waals surface area contributed by atoms with Gasteiger partial charge in [0.1, 0.15) is 5.92 Å². The van der Waals surface area contributed by atoms with E-state index >= 15 is 0 Å². The molecule has 2 amide bonds. The molecule has 0 saturated carbocycles. The Balaban J connectivity index is 1.87. The maximum atomic E-state index is 13.8. The average Bonchev–Trinajstić information content (AvgIpc) is 2.64. The minimum Gasteiger partial charge on any atom is -0.355 e. The van der Waals surface area contributed by atoms with Crippen molar-refractivity contribution in [1.82, 2.24) is 5.32 Å². The van der Waals surface area contributed by atoms with Crippen LogP contribution >= 0.6 is 0 Å². The summed E-state index contributed by atoms with van der Waals surface area (Å²) in [5.41, 5.74) is -0.892. The Morgan fingerprint density at radius 2 is 1.75 bits per heavy atom. The molecule has 2 atom stereocenters. The quantitative estimate of drug-likeness (QED) is 0.610. The summed E-state index contributed by atoms with van der Waals surface area (Å²) in [7, 11) is 0. The van der Waals surface area contributed by atoms with Crippen molar-refractivity contribution in [3.05, 3.63) is 65.2 Å². The molecule has 0 aliphatic carbocycles. The van der Waals surface area contributed by atoms with Crippen molar-refractivity contribution in [2.24, 2.45) is 5.92 Å². The average molecular weight is 398 g/mol. The zero-order chi connectivity index (χ0) is 20.5. The molecular formula is C19H15F5N2O2. The van der Waals surface area contributed by atoms with Crippen LogP contribution in [-0.4, -0.2) is 18.4 Å². The van der Waals surface area contributed by atoms with Gasteiger partial charge in [0.2, 0.25) is 11.8 Å². The highest BCUT2D eigenvalue weighted by atomic mass is 19.4. The maximum Gasteiger partial charge on any atom is 0.416 e. The fraction of sp³-hybridized carbons (Fsp3) is 0.263. The Kier molecular flexibility index (Phi) is 5.35. The summed E-state index contributed by atoms with van der Waals surface area (Å²) in [5.74, 6) is -5.93. The van der Waals surface area contributed by atoms with Gasteiger partial charge in [-0.3, -0.25) is 9.59 Å². The van der Waals surface area contributed by atoms with Crippen LogP contribution in [0.3, 0.4) is 0 Å². The summed E-state index contributed by atoms with van der Waals surface area (Å²) in [5, 5.41) is 4.70. The van der Waals surface area contributed by atoms with Crippen molar-refractivity contribution in [2.45, 2.75) is 18.5 Å². The van der Waals surface area contributed by atoms with Gasteiger partial charge in [-0.05, 0) is 36.2 Å². The van der Waals surface area contributed by atoms with Crippen LogP contribution in [0.1, 0.15) is 23.5 Å². The molecule has 0 aromatic heterocycles. The summed E-state index contributed by atoms with van der Waals surface area (Å²) >= 11 is 0. The topological polar surface area (TPSA) is 58.2 Å². The highest BCUT2D eigenvalue weighted by Crippen LogP contribution is 2.35.